The number of hydrogen-bond acceptors (Lipinski definition) is 3. The molecule has 9 heteroatoms. The van der Waals surface area contributed by atoms with E-state index in [0.29, 0.717) is 16.5 Å². The van der Waals surface area contributed by atoms with Gasteiger partial charge in [-0.3, -0.25) is 0 Å². The molecule has 2 aromatic carbocycles. The average Bonchev–Trinajstić information content (AvgIpc) is 2.54. The molecule has 0 amide bonds. The van der Waals surface area contributed by atoms with Gasteiger partial charge in [-0.05, 0) is 36.4 Å². The van der Waals surface area contributed by atoms with Gasteiger partial charge in [-0.1, -0.05) is 17.7 Å². The second kappa shape index (κ2) is 7.98. The Morgan fingerprint density at radius 2 is 1.88 bits per heavy atom. The molecule has 0 saturated heterocycles. The number of benzene rings is 2. The summed E-state index contributed by atoms with van der Waals surface area (Å²) in [6.07, 6.45) is -4.73. The molecule has 0 heterocycles. The third-order valence-electron chi connectivity index (χ3n) is 3.03. The first-order chi connectivity index (χ1) is 11.8. The number of guanidine groups is 1. The summed E-state index contributed by atoms with van der Waals surface area (Å²) in [5.74, 6) is 0.360. The van der Waals surface area contributed by atoms with Crippen LogP contribution in [0, 0.1) is 0 Å². The van der Waals surface area contributed by atoms with E-state index in [1.54, 1.807) is 18.2 Å². The summed E-state index contributed by atoms with van der Waals surface area (Å²) >= 11 is 5.88. The lowest BCUT2D eigenvalue weighted by atomic mass is 10.2. The van der Waals surface area contributed by atoms with Crippen molar-refractivity contribution in [3.63, 3.8) is 0 Å². The van der Waals surface area contributed by atoms with E-state index in [4.69, 9.17) is 22.1 Å². The molecule has 0 unspecified atom stereocenters. The fourth-order valence-corrected chi connectivity index (χ4v) is 2.11. The topological polar surface area (TPSA) is 68.9 Å². The standard InChI is InChI=1S/C16H15ClF3N3O2/c1-24-14-8-11(17)3-2-10(14)9-22-15(21)23-12-4-6-13(7-5-12)25-16(18,19)20/h2-8H,9H2,1H3,(H3,21,22,23). The summed E-state index contributed by atoms with van der Waals surface area (Å²) in [4.78, 5) is 4.16. The molecule has 3 N–H and O–H groups in total. The lowest BCUT2D eigenvalue weighted by Crippen LogP contribution is -2.22. The Hall–Kier alpha value is -2.61. The zero-order valence-corrected chi connectivity index (χ0v) is 13.9. The third-order valence-corrected chi connectivity index (χ3v) is 3.26. The van der Waals surface area contributed by atoms with Crippen molar-refractivity contribution in [1.29, 1.82) is 0 Å². The third kappa shape index (κ3) is 6.07. The van der Waals surface area contributed by atoms with Crippen LogP contribution in [0.1, 0.15) is 5.56 Å². The molecule has 134 valence electrons. The van der Waals surface area contributed by atoms with Gasteiger partial charge in [-0.2, -0.15) is 0 Å². The van der Waals surface area contributed by atoms with Gasteiger partial charge in [0.2, 0.25) is 0 Å². The molecule has 2 aromatic rings. The summed E-state index contributed by atoms with van der Waals surface area (Å²) in [6, 6.07) is 10.3. The van der Waals surface area contributed by atoms with Gasteiger partial charge in [-0.15, -0.1) is 13.2 Å². The van der Waals surface area contributed by atoms with E-state index in [1.165, 1.54) is 31.4 Å². The van der Waals surface area contributed by atoms with Crippen molar-refractivity contribution in [2.45, 2.75) is 12.9 Å². The Bertz CT molecular complexity index is 749. The van der Waals surface area contributed by atoms with Crippen LogP contribution in [0.4, 0.5) is 18.9 Å². The number of hydrogen-bond donors (Lipinski definition) is 2. The van der Waals surface area contributed by atoms with Gasteiger partial charge in [0.15, 0.2) is 5.96 Å². The van der Waals surface area contributed by atoms with E-state index in [1.807, 2.05) is 0 Å². The highest BCUT2D eigenvalue weighted by Crippen LogP contribution is 2.25. The summed E-state index contributed by atoms with van der Waals surface area (Å²) in [5.41, 5.74) is 7.03. The number of nitrogens with one attached hydrogen (secondary N) is 1. The van der Waals surface area contributed by atoms with Crippen molar-refractivity contribution in [3.05, 3.63) is 53.1 Å². The monoisotopic (exact) mass is 373 g/mol. The molecular formula is C16H15ClF3N3O2. The number of alkyl halides is 3. The molecule has 25 heavy (non-hydrogen) atoms. The number of rotatable bonds is 5. The van der Waals surface area contributed by atoms with Gasteiger partial charge < -0.3 is 20.5 Å². The first kappa shape index (κ1) is 18.7. The van der Waals surface area contributed by atoms with Crippen LogP contribution < -0.4 is 20.5 Å². The molecule has 2 rings (SSSR count). The maximum absolute atomic E-state index is 12.1. The van der Waals surface area contributed by atoms with E-state index < -0.39 is 6.36 Å². The maximum Gasteiger partial charge on any atom is 0.573 e. The molecule has 0 aliphatic heterocycles. The largest absolute Gasteiger partial charge is 0.573 e. The number of nitrogens with two attached hydrogens (primary N) is 1. The maximum atomic E-state index is 12.1. The molecule has 0 spiro atoms. The minimum atomic E-state index is -4.73. The Balaban J connectivity index is 1.99. The summed E-state index contributed by atoms with van der Waals surface area (Å²) in [7, 11) is 1.52. The summed E-state index contributed by atoms with van der Waals surface area (Å²) in [5, 5.41) is 3.31. The summed E-state index contributed by atoms with van der Waals surface area (Å²) < 4.78 is 45.3. The van der Waals surface area contributed by atoms with Crippen molar-refractivity contribution in [2.75, 3.05) is 12.4 Å². The molecule has 0 bridgehead atoms. The molecule has 0 atom stereocenters. The molecule has 0 aromatic heterocycles. The predicted molar refractivity (Wildman–Crippen MR) is 90.1 cm³/mol. The molecule has 5 nitrogen and oxygen atoms in total. The molecule has 0 saturated carbocycles. The second-order valence-electron chi connectivity index (χ2n) is 4.85. The number of anilines is 1. The Kier molecular flexibility index (Phi) is 5.97. The van der Waals surface area contributed by atoms with Gasteiger partial charge in [-0.25, -0.2) is 4.99 Å². The first-order valence-electron chi connectivity index (χ1n) is 7.02. The van der Waals surface area contributed by atoms with Crippen molar-refractivity contribution < 1.29 is 22.6 Å². The van der Waals surface area contributed by atoms with E-state index in [0.717, 1.165) is 5.56 Å². The minimum absolute atomic E-state index is 0.0986. The SMILES string of the molecule is COc1cc(Cl)ccc1CN=C(N)Nc1ccc(OC(F)(F)F)cc1. The van der Waals surface area contributed by atoms with Crippen molar-refractivity contribution in [2.24, 2.45) is 10.7 Å². The molecule has 0 aliphatic rings. The van der Waals surface area contributed by atoms with Gasteiger partial charge in [0.05, 0.1) is 13.7 Å². The normalized spacial score (nSPS) is 12.0. The molecule has 0 fully saturated rings. The zero-order valence-electron chi connectivity index (χ0n) is 13.1. The van der Waals surface area contributed by atoms with Crippen LogP contribution in [0.2, 0.25) is 5.02 Å². The smallest absolute Gasteiger partial charge is 0.496 e. The lowest BCUT2D eigenvalue weighted by molar-refractivity contribution is -0.274. The van der Waals surface area contributed by atoms with Crippen LogP contribution in [0.3, 0.4) is 0 Å². The number of methoxy groups -OCH3 is 1. The van der Waals surface area contributed by atoms with Crippen LogP contribution in [-0.2, 0) is 6.54 Å². The van der Waals surface area contributed by atoms with Gasteiger partial charge >= 0.3 is 6.36 Å². The fraction of sp³-hybridized carbons (Fsp3) is 0.188. The van der Waals surface area contributed by atoms with Crippen molar-refractivity contribution >= 4 is 23.2 Å². The number of aliphatic imine (C=N–C) groups is 1. The zero-order chi connectivity index (χ0) is 18.4. The Morgan fingerprint density at radius 1 is 1.20 bits per heavy atom. The number of nitrogens with zero attached hydrogens (tertiary/aromatic N) is 1. The molecule has 0 aliphatic carbocycles. The van der Waals surface area contributed by atoms with Crippen LogP contribution in [-0.4, -0.2) is 19.4 Å². The highest BCUT2D eigenvalue weighted by molar-refractivity contribution is 6.30. The lowest BCUT2D eigenvalue weighted by Gasteiger charge is -2.10. The second-order valence-corrected chi connectivity index (χ2v) is 5.29. The van der Waals surface area contributed by atoms with E-state index in [9.17, 15) is 13.2 Å². The first-order valence-corrected chi connectivity index (χ1v) is 7.40. The predicted octanol–water partition coefficient (Wildman–Crippen LogP) is 4.17. The minimum Gasteiger partial charge on any atom is -0.496 e. The Labute approximate surface area is 147 Å². The highest BCUT2D eigenvalue weighted by Gasteiger charge is 2.30. The van der Waals surface area contributed by atoms with E-state index in [2.05, 4.69) is 15.0 Å². The van der Waals surface area contributed by atoms with E-state index in [-0.39, 0.29) is 18.3 Å². The van der Waals surface area contributed by atoms with E-state index >= 15 is 0 Å². The Morgan fingerprint density at radius 3 is 2.48 bits per heavy atom. The van der Waals surface area contributed by atoms with Gasteiger partial charge in [0, 0.05) is 16.3 Å². The average molecular weight is 374 g/mol. The van der Waals surface area contributed by atoms with Gasteiger partial charge in [0.1, 0.15) is 11.5 Å². The number of halogens is 4. The summed E-state index contributed by atoms with van der Waals surface area (Å²) in [6.45, 7) is 0.244. The number of ether oxygens (including phenoxy) is 2. The van der Waals surface area contributed by atoms with Crippen molar-refractivity contribution in [3.8, 4) is 11.5 Å². The fourth-order valence-electron chi connectivity index (χ4n) is 1.95. The quantitative estimate of drug-likeness (QED) is 0.609. The molecule has 0 radical (unpaired) electrons. The van der Waals surface area contributed by atoms with Crippen LogP contribution >= 0.6 is 11.6 Å². The van der Waals surface area contributed by atoms with Crippen LogP contribution in [0.15, 0.2) is 47.5 Å². The van der Waals surface area contributed by atoms with Crippen LogP contribution in [0.25, 0.3) is 0 Å². The highest BCUT2D eigenvalue weighted by atomic mass is 35.5. The molecular weight excluding hydrogens is 359 g/mol. The van der Waals surface area contributed by atoms with Gasteiger partial charge in [0.25, 0.3) is 0 Å². The van der Waals surface area contributed by atoms with Crippen molar-refractivity contribution in [1.82, 2.24) is 0 Å². The van der Waals surface area contributed by atoms with Crippen LogP contribution in [0.5, 0.6) is 11.5 Å².